The molecule has 1 saturated heterocycles. The molecule has 0 amide bonds. The fourth-order valence-corrected chi connectivity index (χ4v) is 3.48. The Kier molecular flexibility index (Phi) is 5.59. The van der Waals surface area contributed by atoms with Crippen molar-refractivity contribution in [2.24, 2.45) is 0 Å². The maximum atomic E-state index is 12.6. The van der Waals surface area contributed by atoms with E-state index in [1.807, 2.05) is 13.8 Å². The summed E-state index contributed by atoms with van der Waals surface area (Å²) in [6, 6.07) is 1.68. The van der Waals surface area contributed by atoms with Gasteiger partial charge in [-0.05, 0) is 31.0 Å². The minimum Gasteiger partial charge on any atom is -0.496 e. The van der Waals surface area contributed by atoms with Crippen LogP contribution < -0.4 is 20.7 Å². The van der Waals surface area contributed by atoms with Crippen molar-refractivity contribution in [2.45, 2.75) is 38.7 Å². The van der Waals surface area contributed by atoms with Gasteiger partial charge in [-0.15, -0.1) is 0 Å². The summed E-state index contributed by atoms with van der Waals surface area (Å²) in [5.74, 6) is 1.08. The van der Waals surface area contributed by atoms with E-state index in [9.17, 15) is 19.8 Å². The fourth-order valence-electron chi connectivity index (χ4n) is 3.48. The van der Waals surface area contributed by atoms with Crippen molar-refractivity contribution in [2.75, 3.05) is 20.8 Å². The molecule has 0 saturated carbocycles. The fraction of sp³-hybridized carbons (Fsp3) is 0.474. The molecule has 2 heterocycles. The molecule has 1 aliphatic heterocycles. The molecular weight excluding hydrogens is 368 g/mol. The van der Waals surface area contributed by atoms with Crippen LogP contribution in [0.25, 0.3) is 11.1 Å². The summed E-state index contributed by atoms with van der Waals surface area (Å²) in [5, 5.41) is 19.2. The Labute approximate surface area is 161 Å². The van der Waals surface area contributed by atoms with Crippen LogP contribution >= 0.6 is 0 Å². The number of benzene rings is 1. The zero-order valence-electron chi connectivity index (χ0n) is 16.2. The second kappa shape index (κ2) is 7.78. The zero-order valence-corrected chi connectivity index (χ0v) is 16.2. The number of aromatic nitrogens is 2. The third-order valence-corrected chi connectivity index (χ3v) is 5.17. The molecule has 0 spiro atoms. The van der Waals surface area contributed by atoms with E-state index in [1.54, 1.807) is 6.07 Å². The third-order valence-electron chi connectivity index (χ3n) is 5.17. The van der Waals surface area contributed by atoms with Crippen molar-refractivity contribution in [1.82, 2.24) is 9.55 Å². The van der Waals surface area contributed by atoms with Gasteiger partial charge in [0.1, 0.15) is 23.8 Å². The molecule has 2 aromatic rings. The Balaban J connectivity index is 2.18. The smallest absolute Gasteiger partial charge is 0.330 e. The normalized spacial score (nSPS) is 21.7. The first-order valence-electron chi connectivity index (χ1n) is 8.84. The summed E-state index contributed by atoms with van der Waals surface area (Å²) >= 11 is 0. The molecule has 3 N–H and O–H groups in total. The molecule has 0 aliphatic carbocycles. The van der Waals surface area contributed by atoms with Gasteiger partial charge in [0.15, 0.2) is 0 Å². The summed E-state index contributed by atoms with van der Waals surface area (Å²) in [6.45, 7) is 3.37. The van der Waals surface area contributed by atoms with E-state index in [0.29, 0.717) is 17.1 Å². The van der Waals surface area contributed by atoms with Crippen LogP contribution in [-0.2, 0) is 4.74 Å². The highest BCUT2D eigenvalue weighted by atomic mass is 16.5. The number of aliphatic hydroxyl groups is 2. The standard InChI is InChI=1S/C19H24N2O7/c1-9-10(2)17(27-4)11(5-14(9)26-3)12-7-21(19(25)20-18(12)24)16-6-13(23)15(8-22)28-16/h5,7,13,15-16,22-23H,6,8H2,1-4H3,(H,20,24,25). The third kappa shape index (κ3) is 3.32. The Morgan fingerprint density at radius 1 is 1.21 bits per heavy atom. The molecule has 3 unspecified atom stereocenters. The van der Waals surface area contributed by atoms with Crippen molar-refractivity contribution in [1.29, 1.82) is 0 Å². The predicted octanol–water partition coefficient (Wildman–Crippen LogP) is 0.478. The van der Waals surface area contributed by atoms with E-state index in [-0.39, 0.29) is 18.6 Å². The molecule has 0 bridgehead atoms. The van der Waals surface area contributed by atoms with Crippen molar-refractivity contribution in [3.63, 3.8) is 0 Å². The predicted molar refractivity (Wildman–Crippen MR) is 101 cm³/mol. The SMILES string of the molecule is COc1cc(-c2cn(C3CC(O)C(CO)O3)c(=O)[nH]c2=O)c(OC)c(C)c1C. The minimum atomic E-state index is -0.909. The second-order valence-corrected chi connectivity index (χ2v) is 6.73. The number of hydrogen-bond acceptors (Lipinski definition) is 7. The van der Waals surface area contributed by atoms with Crippen LogP contribution in [0.5, 0.6) is 11.5 Å². The second-order valence-electron chi connectivity index (χ2n) is 6.73. The highest BCUT2D eigenvalue weighted by molar-refractivity contribution is 5.74. The summed E-state index contributed by atoms with van der Waals surface area (Å²) in [7, 11) is 3.04. The lowest BCUT2D eigenvalue weighted by atomic mass is 9.99. The Morgan fingerprint density at radius 3 is 2.50 bits per heavy atom. The van der Waals surface area contributed by atoms with Gasteiger partial charge in [0.2, 0.25) is 0 Å². The molecule has 28 heavy (non-hydrogen) atoms. The molecule has 3 atom stereocenters. The Hall–Kier alpha value is -2.62. The summed E-state index contributed by atoms with van der Waals surface area (Å²) in [6.07, 6.45) is -1.01. The number of nitrogens with zero attached hydrogens (tertiary/aromatic N) is 1. The number of methoxy groups -OCH3 is 2. The van der Waals surface area contributed by atoms with Gasteiger partial charge in [-0.3, -0.25) is 14.3 Å². The molecule has 0 radical (unpaired) electrons. The summed E-state index contributed by atoms with van der Waals surface area (Å²) in [5.41, 5.74) is 1.10. The van der Waals surface area contributed by atoms with Gasteiger partial charge in [-0.1, -0.05) is 0 Å². The van der Waals surface area contributed by atoms with Crippen LogP contribution in [0.4, 0.5) is 0 Å². The summed E-state index contributed by atoms with van der Waals surface area (Å²) in [4.78, 5) is 27.2. The van der Waals surface area contributed by atoms with E-state index < -0.39 is 29.7 Å². The Bertz CT molecular complexity index is 995. The molecule has 9 heteroatoms. The molecule has 152 valence electrons. The van der Waals surface area contributed by atoms with Crippen LogP contribution in [-0.4, -0.2) is 52.8 Å². The molecule has 9 nitrogen and oxygen atoms in total. The quantitative estimate of drug-likeness (QED) is 0.676. The van der Waals surface area contributed by atoms with Gasteiger partial charge < -0.3 is 24.4 Å². The molecule has 1 aliphatic rings. The number of rotatable bonds is 5. The average Bonchev–Trinajstić information content (AvgIpc) is 3.04. The molecule has 3 rings (SSSR count). The van der Waals surface area contributed by atoms with Gasteiger partial charge in [0, 0.05) is 18.2 Å². The minimum absolute atomic E-state index is 0.115. The Morgan fingerprint density at radius 2 is 1.93 bits per heavy atom. The van der Waals surface area contributed by atoms with Crippen molar-refractivity contribution < 1.29 is 24.4 Å². The zero-order chi connectivity index (χ0) is 20.6. The number of aliphatic hydroxyl groups excluding tert-OH is 2. The van der Waals surface area contributed by atoms with E-state index in [4.69, 9.17) is 14.2 Å². The lowest BCUT2D eigenvalue weighted by Crippen LogP contribution is -2.33. The number of hydrogen-bond donors (Lipinski definition) is 3. The first-order chi connectivity index (χ1) is 13.3. The van der Waals surface area contributed by atoms with Gasteiger partial charge in [0.25, 0.3) is 5.56 Å². The van der Waals surface area contributed by atoms with Crippen LogP contribution in [0.3, 0.4) is 0 Å². The molecule has 1 fully saturated rings. The number of aromatic amines is 1. The van der Waals surface area contributed by atoms with E-state index in [2.05, 4.69) is 4.98 Å². The first kappa shape index (κ1) is 20.1. The highest BCUT2D eigenvalue weighted by Gasteiger charge is 2.35. The maximum absolute atomic E-state index is 12.6. The lowest BCUT2D eigenvalue weighted by molar-refractivity contribution is -0.0458. The highest BCUT2D eigenvalue weighted by Crippen LogP contribution is 2.38. The van der Waals surface area contributed by atoms with E-state index in [0.717, 1.165) is 11.1 Å². The molecule has 1 aromatic heterocycles. The largest absolute Gasteiger partial charge is 0.496 e. The van der Waals surface area contributed by atoms with E-state index >= 15 is 0 Å². The van der Waals surface area contributed by atoms with Crippen molar-refractivity contribution in [3.05, 3.63) is 44.2 Å². The van der Waals surface area contributed by atoms with Crippen molar-refractivity contribution in [3.8, 4) is 22.6 Å². The van der Waals surface area contributed by atoms with Crippen LogP contribution in [0.1, 0.15) is 23.8 Å². The monoisotopic (exact) mass is 392 g/mol. The number of ether oxygens (including phenoxy) is 3. The maximum Gasteiger partial charge on any atom is 0.330 e. The van der Waals surface area contributed by atoms with Crippen LogP contribution in [0.15, 0.2) is 21.9 Å². The topological polar surface area (TPSA) is 123 Å². The summed E-state index contributed by atoms with van der Waals surface area (Å²) < 4.78 is 17.7. The van der Waals surface area contributed by atoms with E-state index in [1.165, 1.54) is 25.0 Å². The van der Waals surface area contributed by atoms with Crippen molar-refractivity contribution >= 4 is 0 Å². The van der Waals surface area contributed by atoms with Crippen LogP contribution in [0, 0.1) is 13.8 Å². The molecule has 1 aromatic carbocycles. The first-order valence-corrected chi connectivity index (χ1v) is 8.84. The van der Waals surface area contributed by atoms with Gasteiger partial charge in [-0.2, -0.15) is 0 Å². The number of nitrogens with one attached hydrogen (secondary N) is 1. The number of H-pyrrole nitrogens is 1. The molecular formula is C19H24N2O7. The van der Waals surface area contributed by atoms with Gasteiger partial charge >= 0.3 is 5.69 Å². The lowest BCUT2D eigenvalue weighted by Gasteiger charge is -2.18. The van der Waals surface area contributed by atoms with Crippen LogP contribution in [0.2, 0.25) is 0 Å². The van der Waals surface area contributed by atoms with Gasteiger partial charge in [0.05, 0.1) is 32.5 Å². The van der Waals surface area contributed by atoms with Gasteiger partial charge in [-0.25, -0.2) is 4.79 Å². The average molecular weight is 392 g/mol.